The number of aliphatic hydroxyl groups is 1. The Morgan fingerprint density at radius 3 is 2.71 bits per heavy atom. The van der Waals surface area contributed by atoms with Crippen LogP contribution >= 0.6 is 0 Å². The van der Waals surface area contributed by atoms with Gasteiger partial charge in [-0.1, -0.05) is 44.9 Å². The van der Waals surface area contributed by atoms with Crippen LogP contribution in [0.5, 0.6) is 0 Å². The lowest BCUT2D eigenvalue weighted by molar-refractivity contribution is 0.0236. The zero-order chi connectivity index (χ0) is 14.9. The number of rotatable bonds is 3. The van der Waals surface area contributed by atoms with Crippen molar-refractivity contribution in [3.8, 4) is 0 Å². The highest BCUT2D eigenvalue weighted by atomic mass is 16.3. The fraction of sp³-hybridized carbons (Fsp3) is 0.700. The van der Waals surface area contributed by atoms with Crippen LogP contribution in [0.3, 0.4) is 0 Å². The van der Waals surface area contributed by atoms with Gasteiger partial charge in [0.2, 0.25) is 0 Å². The van der Waals surface area contributed by atoms with Crippen LogP contribution in [0.25, 0.3) is 0 Å². The number of hydrogen-bond donors (Lipinski definition) is 1. The average molecular weight is 286 g/mol. The Kier molecular flexibility index (Phi) is 4.40. The summed E-state index contributed by atoms with van der Waals surface area (Å²) >= 11 is 0. The van der Waals surface area contributed by atoms with Gasteiger partial charge >= 0.3 is 0 Å². The molecule has 1 saturated carbocycles. The Morgan fingerprint density at radius 2 is 1.90 bits per heavy atom. The molecule has 1 N–H and O–H groups in total. The van der Waals surface area contributed by atoms with Gasteiger partial charge in [0.15, 0.2) is 0 Å². The maximum atomic E-state index is 11.1. The number of benzene rings is 1. The fourth-order valence-electron chi connectivity index (χ4n) is 4.38. The Morgan fingerprint density at radius 1 is 1.10 bits per heavy atom. The second-order valence-electron chi connectivity index (χ2n) is 7.79. The molecule has 2 unspecified atom stereocenters. The lowest BCUT2D eigenvalue weighted by Crippen LogP contribution is -2.30. The SMILES string of the molecule is CC(C)C1CCCC(O)(Cc2ccc3c(c2)CCC3)CC1. The van der Waals surface area contributed by atoms with Crippen molar-refractivity contribution in [2.24, 2.45) is 11.8 Å². The average Bonchev–Trinajstić information content (AvgIpc) is 2.81. The highest BCUT2D eigenvalue weighted by Gasteiger charge is 2.32. The van der Waals surface area contributed by atoms with Crippen molar-refractivity contribution in [3.05, 3.63) is 34.9 Å². The molecule has 1 aromatic carbocycles. The molecule has 0 heterocycles. The van der Waals surface area contributed by atoms with Crippen LogP contribution in [-0.4, -0.2) is 10.7 Å². The highest BCUT2D eigenvalue weighted by Crippen LogP contribution is 2.36. The van der Waals surface area contributed by atoms with Crippen LogP contribution in [0, 0.1) is 11.8 Å². The van der Waals surface area contributed by atoms with Gasteiger partial charge in [-0.25, -0.2) is 0 Å². The highest BCUT2D eigenvalue weighted by molar-refractivity contribution is 5.35. The van der Waals surface area contributed by atoms with E-state index < -0.39 is 5.60 Å². The van der Waals surface area contributed by atoms with Crippen molar-refractivity contribution < 1.29 is 5.11 Å². The Balaban J connectivity index is 1.68. The summed E-state index contributed by atoms with van der Waals surface area (Å²) in [6, 6.07) is 6.92. The molecule has 2 aliphatic carbocycles. The molecule has 0 saturated heterocycles. The van der Waals surface area contributed by atoms with E-state index in [-0.39, 0.29) is 0 Å². The standard InChI is InChI=1S/C20H30O/c1-15(2)17-7-4-11-20(21,12-10-17)14-16-8-9-18-5-3-6-19(18)13-16/h8-9,13,15,17,21H,3-7,10-12,14H2,1-2H3. The van der Waals surface area contributed by atoms with Gasteiger partial charge in [-0.3, -0.25) is 0 Å². The molecule has 116 valence electrons. The van der Waals surface area contributed by atoms with Crippen molar-refractivity contribution in [1.82, 2.24) is 0 Å². The normalized spacial score (nSPS) is 29.4. The lowest BCUT2D eigenvalue weighted by atomic mass is 9.85. The van der Waals surface area contributed by atoms with Crippen molar-refractivity contribution >= 4 is 0 Å². The summed E-state index contributed by atoms with van der Waals surface area (Å²) in [6.07, 6.45) is 10.3. The Bertz CT molecular complexity index is 491. The first-order valence-corrected chi connectivity index (χ1v) is 8.89. The first-order chi connectivity index (χ1) is 10.1. The summed E-state index contributed by atoms with van der Waals surface area (Å²) in [5.41, 5.74) is 3.95. The van der Waals surface area contributed by atoms with E-state index in [1.54, 1.807) is 0 Å². The molecule has 1 heteroatoms. The van der Waals surface area contributed by atoms with E-state index in [4.69, 9.17) is 0 Å². The largest absolute Gasteiger partial charge is 0.390 e. The third-order valence-corrected chi connectivity index (χ3v) is 5.84. The lowest BCUT2D eigenvalue weighted by Gasteiger charge is -2.27. The van der Waals surface area contributed by atoms with E-state index in [9.17, 15) is 5.11 Å². The van der Waals surface area contributed by atoms with Gasteiger partial charge in [0.1, 0.15) is 0 Å². The monoisotopic (exact) mass is 286 g/mol. The van der Waals surface area contributed by atoms with E-state index in [2.05, 4.69) is 32.0 Å². The summed E-state index contributed by atoms with van der Waals surface area (Å²) in [5.74, 6) is 1.56. The van der Waals surface area contributed by atoms with Crippen LogP contribution in [-0.2, 0) is 19.3 Å². The molecule has 0 amide bonds. The van der Waals surface area contributed by atoms with Crippen LogP contribution in [0.1, 0.15) is 69.1 Å². The molecule has 2 atom stereocenters. The topological polar surface area (TPSA) is 20.2 Å². The van der Waals surface area contributed by atoms with Gasteiger partial charge in [-0.05, 0) is 67.1 Å². The summed E-state index contributed by atoms with van der Waals surface area (Å²) < 4.78 is 0. The molecule has 1 aromatic rings. The van der Waals surface area contributed by atoms with Crippen molar-refractivity contribution in [2.75, 3.05) is 0 Å². The third-order valence-electron chi connectivity index (χ3n) is 5.84. The van der Waals surface area contributed by atoms with E-state index in [1.165, 1.54) is 55.2 Å². The maximum Gasteiger partial charge on any atom is 0.0688 e. The van der Waals surface area contributed by atoms with Gasteiger partial charge in [0.25, 0.3) is 0 Å². The zero-order valence-electron chi connectivity index (χ0n) is 13.7. The van der Waals surface area contributed by atoms with Crippen LogP contribution < -0.4 is 0 Å². The molecule has 0 aliphatic heterocycles. The molecule has 3 rings (SSSR count). The second-order valence-corrected chi connectivity index (χ2v) is 7.79. The molecule has 1 nitrogen and oxygen atoms in total. The summed E-state index contributed by atoms with van der Waals surface area (Å²) in [4.78, 5) is 0. The molecule has 0 bridgehead atoms. The molecule has 2 aliphatic rings. The Labute approximate surface area is 129 Å². The summed E-state index contributed by atoms with van der Waals surface area (Å²) in [5, 5.41) is 11.1. The van der Waals surface area contributed by atoms with Crippen molar-refractivity contribution in [1.29, 1.82) is 0 Å². The molecular weight excluding hydrogens is 256 g/mol. The molecule has 0 radical (unpaired) electrons. The minimum atomic E-state index is -0.462. The van der Waals surface area contributed by atoms with Gasteiger partial charge in [0, 0.05) is 6.42 Å². The van der Waals surface area contributed by atoms with E-state index in [1.807, 2.05) is 0 Å². The van der Waals surface area contributed by atoms with Gasteiger partial charge in [-0.2, -0.15) is 0 Å². The molecule has 0 aromatic heterocycles. The first kappa shape index (κ1) is 15.1. The quantitative estimate of drug-likeness (QED) is 0.800. The maximum absolute atomic E-state index is 11.1. The Hall–Kier alpha value is -0.820. The molecule has 21 heavy (non-hydrogen) atoms. The predicted molar refractivity (Wildman–Crippen MR) is 88.5 cm³/mol. The van der Waals surface area contributed by atoms with Crippen molar-refractivity contribution in [3.63, 3.8) is 0 Å². The third kappa shape index (κ3) is 3.51. The predicted octanol–water partition coefficient (Wildman–Crippen LogP) is 4.69. The smallest absolute Gasteiger partial charge is 0.0688 e. The first-order valence-electron chi connectivity index (χ1n) is 8.89. The van der Waals surface area contributed by atoms with Crippen LogP contribution in [0.4, 0.5) is 0 Å². The number of fused-ring (bicyclic) bond motifs is 1. The minimum absolute atomic E-state index is 0.462. The number of hydrogen-bond acceptors (Lipinski definition) is 1. The molecule has 1 fully saturated rings. The fourth-order valence-corrected chi connectivity index (χ4v) is 4.38. The summed E-state index contributed by atoms with van der Waals surface area (Å²) in [7, 11) is 0. The van der Waals surface area contributed by atoms with E-state index in [0.717, 1.165) is 31.1 Å². The van der Waals surface area contributed by atoms with Gasteiger partial charge in [0.05, 0.1) is 5.60 Å². The summed E-state index contributed by atoms with van der Waals surface area (Å²) in [6.45, 7) is 4.66. The molecule has 0 spiro atoms. The van der Waals surface area contributed by atoms with Crippen LogP contribution in [0.15, 0.2) is 18.2 Å². The number of aryl methyl sites for hydroxylation is 2. The molecular formula is C20H30O. The van der Waals surface area contributed by atoms with E-state index >= 15 is 0 Å². The van der Waals surface area contributed by atoms with Gasteiger partial charge in [-0.15, -0.1) is 0 Å². The second kappa shape index (κ2) is 6.12. The van der Waals surface area contributed by atoms with Gasteiger partial charge < -0.3 is 5.11 Å². The van der Waals surface area contributed by atoms with E-state index in [0.29, 0.717) is 0 Å². The van der Waals surface area contributed by atoms with Crippen LogP contribution in [0.2, 0.25) is 0 Å². The zero-order valence-corrected chi connectivity index (χ0v) is 13.7. The van der Waals surface area contributed by atoms with Crippen molar-refractivity contribution in [2.45, 2.75) is 77.2 Å². The minimum Gasteiger partial charge on any atom is -0.390 e.